The van der Waals surface area contributed by atoms with E-state index >= 15 is 0 Å². The van der Waals surface area contributed by atoms with Gasteiger partial charge in [-0.3, -0.25) is 9.78 Å². The van der Waals surface area contributed by atoms with Gasteiger partial charge < -0.3 is 0 Å². The van der Waals surface area contributed by atoms with Gasteiger partial charge in [0.25, 0.3) is 0 Å². The molecule has 96 valence electrons. The SMILES string of the molecule is C/C(=N/NC(=O)[C@]1(C)CC1(Br)Br)c1cccnc1. The summed E-state index contributed by atoms with van der Waals surface area (Å²) < 4.78 is -0.297. The average molecular weight is 375 g/mol. The van der Waals surface area contributed by atoms with E-state index in [9.17, 15) is 4.79 Å². The van der Waals surface area contributed by atoms with Gasteiger partial charge in [0, 0.05) is 18.0 Å². The zero-order valence-electron chi connectivity index (χ0n) is 10.1. The Bertz CT molecular complexity index is 501. The van der Waals surface area contributed by atoms with E-state index in [2.05, 4.69) is 47.4 Å². The number of nitrogens with one attached hydrogen (secondary N) is 1. The van der Waals surface area contributed by atoms with Crippen molar-refractivity contribution < 1.29 is 4.79 Å². The Labute approximate surface area is 123 Å². The van der Waals surface area contributed by atoms with E-state index in [-0.39, 0.29) is 9.14 Å². The van der Waals surface area contributed by atoms with Crippen molar-refractivity contribution in [1.29, 1.82) is 0 Å². The van der Waals surface area contributed by atoms with E-state index in [0.29, 0.717) is 0 Å². The van der Waals surface area contributed by atoms with Crippen molar-refractivity contribution >= 4 is 43.5 Å². The summed E-state index contributed by atoms with van der Waals surface area (Å²) >= 11 is 6.92. The Hall–Kier alpha value is -0.750. The average Bonchev–Trinajstić information content (AvgIpc) is 2.87. The molecule has 0 unspecified atom stereocenters. The highest BCUT2D eigenvalue weighted by Crippen LogP contribution is 2.66. The monoisotopic (exact) mass is 373 g/mol. The van der Waals surface area contributed by atoms with Crippen LogP contribution in [0.4, 0.5) is 0 Å². The molecule has 1 saturated carbocycles. The van der Waals surface area contributed by atoms with Crippen LogP contribution in [0, 0.1) is 5.41 Å². The highest BCUT2D eigenvalue weighted by Gasteiger charge is 2.66. The van der Waals surface area contributed by atoms with Crippen LogP contribution in [0.5, 0.6) is 0 Å². The Balaban J connectivity index is 2.02. The van der Waals surface area contributed by atoms with Crippen molar-refractivity contribution in [3.05, 3.63) is 30.1 Å². The fourth-order valence-corrected chi connectivity index (χ4v) is 3.03. The smallest absolute Gasteiger partial charge is 0.248 e. The fourth-order valence-electron chi connectivity index (χ4n) is 1.55. The fraction of sp³-hybridized carbons (Fsp3) is 0.417. The molecule has 1 aromatic heterocycles. The standard InChI is InChI=1S/C12H13Br2N3O/c1-8(9-4-3-5-15-6-9)16-17-10(18)11(2)7-12(11,13)14/h3-6H,7H2,1-2H3,(H,17,18)/b16-8-/t11-/m0/s1. The number of rotatable bonds is 3. The zero-order chi connectivity index (χ0) is 13.4. The molecule has 2 rings (SSSR count). The minimum absolute atomic E-state index is 0.0977. The van der Waals surface area contributed by atoms with Gasteiger partial charge in [-0.25, -0.2) is 5.43 Å². The molecule has 6 heteroatoms. The van der Waals surface area contributed by atoms with Gasteiger partial charge >= 0.3 is 0 Å². The van der Waals surface area contributed by atoms with Gasteiger partial charge in [0.05, 0.1) is 14.4 Å². The highest BCUT2D eigenvalue weighted by molar-refractivity contribution is 9.25. The van der Waals surface area contributed by atoms with Crippen LogP contribution in [-0.2, 0) is 4.79 Å². The molecular weight excluding hydrogens is 362 g/mol. The normalized spacial score (nSPS) is 25.7. The van der Waals surface area contributed by atoms with Gasteiger partial charge in [0.2, 0.25) is 5.91 Å². The van der Waals surface area contributed by atoms with Crippen molar-refractivity contribution in [2.45, 2.75) is 23.5 Å². The molecule has 1 aliphatic rings. The molecule has 0 aliphatic heterocycles. The van der Waals surface area contributed by atoms with Crippen molar-refractivity contribution in [3.8, 4) is 0 Å². The maximum absolute atomic E-state index is 12.0. The van der Waals surface area contributed by atoms with Crippen LogP contribution in [0.25, 0.3) is 0 Å². The maximum Gasteiger partial charge on any atom is 0.248 e. The number of amides is 1. The number of carbonyl (C=O) groups excluding carboxylic acids is 1. The lowest BCUT2D eigenvalue weighted by molar-refractivity contribution is -0.125. The van der Waals surface area contributed by atoms with Gasteiger partial charge in [-0.05, 0) is 26.3 Å². The largest absolute Gasteiger partial charge is 0.272 e. The summed E-state index contributed by atoms with van der Waals surface area (Å²) in [6.45, 7) is 3.73. The topological polar surface area (TPSA) is 54.4 Å². The third-order valence-electron chi connectivity index (χ3n) is 3.16. The van der Waals surface area contributed by atoms with Gasteiger partial charge in [-0.2, -0.15) is 5.10 Å². The highest BCUT2D eigenvalue weighted by atomic mass is 79.9. The molecule has 0 aromatic carbocycles. The van der Waals surface area contributed by atoms with Gasteiger partial charge in [0.1, 0.15) is 0 Å². The second-order valence-electron chi connectivity index (χ2n) is 4.59. The second-order valence-corrected chi connectivity index (χ2v) is 8.36. The first-order chi connectivity index (χ1) is 8.37. The molecule has 18 heavy (non-hydrogen) atoms. The minimum atomic E-state index is -0.453. The lowest BCUT2D eigenvalue weighted by Crippen LogP contribution is -2.30. The summed E-state index contributed by atoms with van der Waals surface area (Å²) in [5.74, 6) is -0.0977. The van der Waals surface area contributed by atoms with Crippen LogP contribution in [-0.4, -0.2) is 19.8 Å². The van der Waals surface area contributed by atoms with Crippen molar-refractivity contribution in [2.75, 3.05) is 0 Å². The molecule has 0 spiro atoms. The Morgan fingerprint density at radius 2 is 2.22 bits per heavy atom. The summed E-state index contributed by atoms with van der Waals surface area (Å²) in [4.78, 5) is 16.0. The number of hydrazone groups is 1. The second kappa shape index (κ2) is 4.74. The summed E-state index contributed by atoms with van der Waals surface area (Å²) in [6.07, 6.45) is 4.15. The number of carbonyl (C=O) groups is 1. The third-order valence-corrected chi connectivity index (χ3v) is 5.47. The molecule has 1 fully saturated rings. The summed E-state index contributed by atoms with van der Waals surface area (Å²) in [5, 5.41) is 4.10. The van der Waals surface area contributed by atoms with E-state index in [1.165, 1.54) is 0 Å². The van der Waals surface area contributed by atoms with Crippen LogP contribution < -0.4 is 5.43 Å². The van der Waals surface area contributed by atoms with Crippen molar-refractivity contribution in [2.24, 2.45) is 10.5 Å². The van der Waals surface area contributed by atoms with Crippen LogP contribution in [0.3, 0.4) is 0 Å². The number of alkyl halides is 2. The minimum Gasteiger partial charge on any atom is -0.272 e. The van der Waals surface area contributed by atoms with E-state index in [4.69, 9.17) is 0 Å². The van der Waals surface area contributed by atoms with Gasteiger partial charge in [0.15, 0.2) is 0 Å². The Morgan fingerprint density at radius 1 is 1.56 bits per heavy atom. The van der Waals surface area contributed by atoms with E-state index in [1.54, 1.807) is 12.4 Å². The first-order valence-electron chi connectivity index (χ1n) is 5.50. The number of aromatic nitrogens is 1. The van der Waals surface area contributed by atoms with Gasteiger partial charge in [-0.1, -0.05) is 37.9 Å². The van der Waals surface area contributed by atoms with E-state index in [0.717, 1.165) is 17.7 Å². The number of nitrogens with zero attached hydrogens (tertiary/aromatic N) is 2. The molecule has 0 bridgehead atoms. The molecular formula is C12H13Br2N3O. The van der Waals surface area contributed by atoms with E-state index < -0.39 is 5.41 Å². The first kappa shape index (κ1) is 13.7. The van der Waals surface area contributed by atoms with Crippen molar-refractivity contribution in [3.63, 3.8) is 0 Å². The van der Waals surface area contributed by atoms with Crippen LogP contribution in [0.15, 0.2) is 29.6 Å². The molecule has 1 aliphatic carbocycles. The third kappa shape index (κ3) is 2.49. The molecule has 1 N–H and O–H groups in total. The Morgan fingerprint density at radius 3 is 2.72 bits per heavy atom. The lowest BCUT2D eigenvalue weighted by atomic mass is 10.1. The van der Waals surface area contributed by atoms with Crippen LogP contribution in [0.1, 0.15) is 25.8 Å². The van der Waals surface area contributed by atoms with Crippen LogP contribution in [0.2, 0.25) is 0 Å². The maximum atomic E-state index is 12.0. The molecule has 0 saturated heterocycles. The predicted molar refractivity (Wildman–Crippen MR) is 77.9 cm³/mol. The van der Waals surface area contributed by atoms with Crippen LogP contribution >= 0.6 is 31.9 Å². The number of hydrogen-bond donors (Lipinski definition) is 1. The molecule has 0 radical (unpaired) electrons. The lowest BCUT2D eigenvalue weighted by Gasteiger charge is -2.10. The van der Waals surface area contributed by atoms with E-state index in [1.807, 2.05) is 26.0 Å². The van der Waals surface area contributed by atoms with Crippen molar-refractivity contribution in [1.82, 2.24) is 10.4 Å². The quantitative estimate of drug-likeness (QED) is 0.502. The zero-order valence-corrected chi connectivity index (χ0v) is 13.2. The predicted octanol–water partition coefficient (Wildman–Crippen LogP) is 2.82. The number of hydrogen-bond acceptors (Lipinski definition) is 3. The number of halogens is 2. The summed E-state index contributed by atoms with van der Waals surface area (Å²) in [6, 6.07) is 3.73. The molecule has 1 atom stereocenters. The molecule has 4 nitrogen and oxygen atoms in total. The summed E-state index contributed by atoms with van der Waals surface area (Å²) in [5.41, 5.74) is 3.77. The molecule has 1 aromatic rings. The molecule has 1 amide bonds. The summed E-state index contributed by atoms with van der Waals surface area (Å²) in [7, 11) is 0. The van der Waals surface area contributed by atoms with Gasteiger partial charge in [-0.15, -0.1) is 0 Å². The first-order valence-corrected chi connectivity index (χ1v) is 7.08. The number of pyridine rings is 1. The molecule has 1 heterocycles. The Kier molecular flexibility index (Phi) is 3.60.